The largest absolute Gasteiger partial charge is 0.494 e. The van der Waals surface area contributed by atoms with Crippen molar-refractivity contribution in [3.63, 3.8) is 0 Å². The molecular weight excluding hydrogens is 499 g/mol. The minimum absolute atomic E-state index is 0.996. The molecule has 0 amide bonds. The number of thioether (sulfide) groups is 2. The first-order valence-corrected chi connectivity index (χ1v) is 10.3. The van der Waals surface area contributed by atoms with Gasteiger partial charge in [0.25, 0.3) is 0 Å². The molecule has 0 saturated carbocycles. The van der Waals surface area contributed by atoms with Crippen LogP contribution in [0.4, 0.5) is 0 Å². The maximum absolute atomic E-state index is 5.55. The molecule has 0 spiro atoms. The molecule has 0 bridgehead atoms. The lowest BCUT2D eigenvalue weighted by Gasteiger charge is -2.13. The Morgan fingerprint density at radius 3 is 1.94 bits per heavy atom. The molecular formula is C11H13Br2IOS2. The highest BCUT2D eigenvalue weighted by atomic mass is 127. The van der Waals surface area contributed by atoms with Gasteiger partial charge < -0.3 is 4.74 Å². The molecule has 0 saturated heterocycles. The van der Waals surface area contributed by atoms with Gasteiger partial charge in [0.1, 0.15) is 5.75 Å². The quantitative estimate of drug-likeness (QED) is 0.280. The normalized spacial score (nSPS) is 10.6. The molecule has 17 heavy (non-hydrogen) atoms. The molecule has 0 N–H and O–H groups in total. The summed E-state index contributed by atoms with van der Waals surface area (Å²) in [6, 6.07) is 4.37. The average Bonchev–Trinajstić information content (AvgIpc) is 2.33. The van der Waals surface area contributed by atoms with Gasteiger partial charge in [0, 0.05) is 25.7 Å². The van der Waals surface area contributed by atoms with Crippen molar-refractivity contribution in [1.82, 2.24) is 0 Å². The SMILES string of the molecule is COc1c(SCCBr)cc(I)cc1SCCBr. The number of ether oxygens (including phenoxy) is 1. The average molecular weight is 512 g/mol. The summed E-state index contributed by atoms with van der Waals surface area (Å²) in [6.45, 7) is 0. The lowest BCUT2D eigenvalue weighted by atomic mass is 10.3. The van der Waals surface area contributed by atoms with Gasteiger partial charge in [0.15, 0.2) is 0 Å². The van der Waals surface area contributed by atoms with E-state index in [1.54, 1.807) is 7.11 Å². The van der Waals surface area contributed by atoms with Crippen LogP contribution in [0.3, 0.4) is 0 Å². The molecule has 1 rings (SSSR count). The molecule has 1 nitrogen and oxygen atoms in total. The molecule has 1 aromatic rings. The molecule has 0 aromatic heterocycles. The van der Waals surface area contributed by atoms with Crippen LogP contribution in [-0.4, -0.2) is 29.3 Å². The predicted molar refractivity (Wildman–Crippen MR) is 94.7 cm³/mol. The summed E-state index contributed by atoms with van der Waals surface area (Å²) in [5, 5.41) is 1.99. The Morgan fingerprint density at radius 1 is 1.12 bits per heavy atom. The summed E-state index contributed by atoms with van der Waals surface area (Å²) >= 11 is 12.9. The second kappa shape index (κ2) is 9.34. The van der Waals surface area contributed by atoms with E-state index in [-0.39, 0.29) is 0 Å². The zero-order valence-electron chi connectivity index (χ0n) is 9.34. The Hall–Kier alpha value is 1.41. The van der Waals surface area contributed by atoms with Crippen molar-refractivity contribution >= 4 is 78.0 Å². The van der Waals surface area contributed by atoms with Crippen molar-refractivity contribution < 1.29 is 4.74 Å². The fourth-order valence-electron chi connectivity index (χ4n) is 1.26. The summed E-state index contributed by atoms with van der Waals surface area (Å²) < 4.78 is 6.81. The van der Waals surface area contributed by atoms with Crippen LogP contribution in [0.5, 0.6) is 5.75 Å². The Morgan fingerprint density at radius 2 is 1.59 bits per heavy atom. The number of hydrogen-bond acceptors (Lipinski definition) is 3. The predicted octanol–water partition coefficient (Wildman–Crippen LogP) is 5.27. The van der Waals surface area contributed by atoms with Gasteiger partial charge in [-0.05, 0) is 34.7 Å². The fraction of sp³-hybridized carbons (Fsp3) is 0.455. The summed E-state index contributed by atoms with van der Waals surface area (Å²) in [6.07, 6.45) is 0. The van der Waals surface area contributed by atoms with Crippen LogP contribution in [0, 0.1) is 3.57 Å². The number of halogens is 3. The molecule has 0 radical (unpaired) electrons. The second-order valence-electron chi connectivity index (χ2n) is 3.01. The van der Waals surface area contributed by atoms with Crippen LogP contribution < -0.4 is 4.74 Å². The maximum Gasteiger partial charge on any atom is 0.146 e. The molecule has 96 valence electrons. The van der Waals surface area contributed by atoms with Gasteiger partial charge in [0.2, 0.25) is 0 Å². The van der Waals surface area contributed by atoms with Crippen molar-refractivity contribution in [3.8, 4) is 5.75 Å². The topological polar surface area (TPSA) is 9.23 Å². The number of methoxy groups -OCH3 is 1. The van der Waals surface area contributed by atoms with Crippen molar-refractivity contribution in [3.05, 3.63) is 15.7 Å². The van der Waals surface area contributed by atoms with E-state index in [2.05, 4.69) is 66.6 Å². The summed E-state index contributed by atoms with van der Waals surface area (Å²) in [5.41, 5.74) is 0. The van der Waals surface area contributed by atoms with E-state index in [4.69, 9.17) is 4.74 Å². The van der Waals surface area contributed by atoms with E-state index in [0.717, 1.165) is 27.9 Å². The van der Waals surface area contributed by atoms with Gasteiger partial charge >= 0.3 is 0 Å². The van der Waals surface area contributed by atoms with Crippen molar-refractivity contribution in [2.45, 2.75) is 9.79 Å². The van der Waals surface area contributed by atoms with Gasteiger partial charge in [0.05, 0.1) is 16.9 Å². The molecule has 1 aromatic carbocycles. The Balaban J connectivity index is 2.97. The Kier molecular flexibility index (Phi) is 9.04. The highest BCUT2D eigenvalue weighted by Gasteiger charge is 2.11. The van der Waals surface area contributed by atoms with E-state index < -0.39 is 0 Å². The summed E-state index contributed by atoms with van der Waals surface area (Å²) in [7, 11) is 1.75. The monoisotopic (exact) mass is 510 g/mol. The lowest BCUT2D eigenvalue weighted by molar-refractivity contribution is 0.394. The van der Waals surface area contributed by atoms with E-state index in [9.17, 15) is 0 Å². The fourth-order valence-corrected chi connectivity index (χ4v) is 5.00. The molecule has 0 unspecified atom stereocenters. The Bertz CT molecular complexity index is 334. The highest BCUT2D eigenvalue weighted by Crippen LogP contribution is 2.39. The zero-order valence-corrected chi connectivity index (χ0v) is 16.3. The van der Waals surface area contributed by atoms with E-state index in [1.807, 2.05) is 23.5 Å². The molecule has 0 aliphatic carbocycles. The third-order valence-corrected chi connectivity index (χ3v) is 6.37. The number of alkyl halides is 2. The molecule has 6 heteroatoms. The molecule has 0 aliphatic heterocycles. The number of hydrogen-bond donors (Lipinski definition) is 0. The first kappa shape index (κ1) is 16.5. The third-order valence-electron chi connectivity index (χ3n) is 1.86. The highest BCUT2D eigenvalue weighted by molar-refractivity contribution is 14.1. The van der Waals surface area contributed by atoms with Gasteiger partial charge in [-0.1, -0.05) is 31.9 Å². The van der Waals surface area contributed by atoms with E-state index in [1.165, 1.54) is 13.4 Å². The standard InChI is InChI=1S/C11H13Br2IOS2/c1-15-11-9(16-4-2-12)6-8(14)7-10(11)17-5-3-13/h6-7H,2-5H2,1H3. The van der Waals surface area contributed by atoms with Crippen LogP contribution in [0.25, 0.3) is 0 Å². The number of rotatable bonds is 7. The van der Waals surface area contributed by atoms with Gasteiger partial charge in [-0.25, -0.2) is 0 Å². The van der Waals surface area contributed by atoms with Gasteiger partial charge in [-0.3, -0.25) is 0 Å². The number of benzene rings is 1. The van der Waals surface area contributed by atoms with E-state index in [0.29, 0.717) is 0 Å². The second-order valence-corrected chi connectivity index (χ2v) is 8.12. The van der Waals surface area contributed by atoms with Crippen molar-refractivity contribution in [1.29, 1.82) is 0 Å². The van der Waals surface area contributed by atoms with Crippen LogP contribution in [0.1, 0.15) is 0 Å². The van der Waals surface area contributed by atoms with Crippen LogP contribution in [0.15, 0.2) is 21.9 Å². The maximum atomic E-state index is 5.55. The van der Waals surface area contributed by atoms with Crippen LogP contribution in [0.2, 0.25) is 0 Å². The minimum Gasteiger partial charge on any atom is -0.494 e. The van der Waals surface area contributed by atoms with Gasteiger partial charge in [-0.15, -0.1) is 23.5 Å². The van der Waals surface area contributed by atoms with Crippen LogP contribution >= 0.6 is 78.0 Å². The summed E-state index contributed by atoms with van der Waals surface area (Å²) in [5.74, 6) is 3.13. The smallest absolute Gasteiger partial charge is 0.146 e. The first-order chi connectivity index (χ1) is 8.22. The molecule has 0 atom stereocenters. The summed E-state index contributed by atoms with van der Waals surface area (Å²) in [4.78, 5) is 2.46. The first-order valence-electron chi connectivity index (χ1n) is 4.98. The molecule has 0 fully saturated rings. The van der Waals surface area contributed by atoms with Crippen molar-refractivity contribution in [2.75, 3.05) is 29.3 Å². The zero-order chi connectivity index (χ0) is 12.7. The van der Waals surface area contributed by atoms with Crippen molar-refractivity contribution in [2.24, 2.45) is 0 Å². The third kappa shape index (κ3) is 5.50. The van der Waals surface area contributed by atoms with Crippen LogP contribution in [-0.2, 0) is 0 Å². The van der Waals surface area contributed by atoms with E-state index >= 15 is 0 Å². The molecule has 0 aliphatic rings. The minimum atomic E-state index is 0.996. The lowest BCUT2D eigenvalue weighted by Crippen LogP contribution is -1.93. The molecule has 0 heterocycles. The van der Waals surface area contributed by atoms with Gasteiger partial charge in [-0.2, -0.15) is 0 Å². The Labute approximate surface area is 142 Å².